The summed E-state index contributed by atoms with van der Waals surface area (Å²) in [6.07, 6.45) is 2.65. The van der Waals surface area contributed by atoms with E-state index in [-0.39, 0.29) is 30.7 Å². The maximum absolute atomic E-state index is 12.2. The van der Waals surface area contributed by atoms with Gasteiger partial charge in [0.25, 0.3) is 0 Å². The minimum absolute atomic E-state index is 0. The highest BCUT2D eigenvalue weighted by Crippen LogP contribution is 2.24. The molecule has 0 bridgehead atoms. The van der Waals surface area contributed by atoms with Crippen LogP contribution < -0.4 is 10.6 Å². The summed E-state index contributed by atoms with van der Waals surface area (Å²) in [6.45, 7) is 2.10. The molecule has 2 heterocycles. The van der Waals surface area contributed by atoms with Crippen LogP contribution in [0.2, 0.25) is 0 Å². The number of pyridine rings is 1. The van der Waals surface area contributed by atoms with E-state index in [0.717, 1.165) is 30.8 Å². The van der Waals surface area contributed by atoms with E-state index in [9.17, 15) is 4.79 Å². The van der Waals surface area contributed by atoms with Crippen molar-refractivity contribution in [3.8, 4) is 11.3 Å². The molecule has 4 nitrogen and oxygen atoms in total. The number of fused-ring (bicyclic) bond motifs is 1. The zero-order chi connectivity index (χ0) is 17.8. The molecule has 28 heavy (non-hydrogen) atoms. The summed E-state index contributed by atoms with van der Waals surface area (Å²) >= 11 is 0. The van der Waals surface area contributed by atoms with E-state index in [1.807, 2.05) is 30.3 Å². The minimum Gasteiger partial charge on any atom is -0.316 e. The number of benzene rings is 2. The Morgan fingerprint density at radius 2 is 1.86 bits per heavy atom. The van der Waals surface area contributed by atoms with Gasteiger partial charge in [-0.1, -0.05) is 42.5 Å². The van der Waals surface area contributed by atoms with Gasteiger partial charge in [0.05, 0.1) is 5.69 Å². The van der Waals surface area contributed by atoms with Crippen molar-refractivity contribution in [2.75, 3.05) is 18.4 Å². The summed E-state index contributed by atoms with van der Waals surface area (Å²) in [4.78, 5) is 16.8. The average Bonchev–Trinajstić information content (AvgIpc) is 3.20. The molecule has 1 amide bonds. The number of rotatable bonds is 5. The second-order valence-electron chi connectivity index (χ2n) is 6.92. The molecular formula is C22H25Cl2N3O. The molecule has 2 N–H and O–H groups in total. The van der Waals surface area contributed by atoms with Gasteiger partial charge in [0, 0.05) is 12.0 Å². The van der Waals surface area contributed by atoms with Crippen LogP contribution in [-0.2, 0) is 4.79 Å². The Kier molecular flexibility index (Phi) is 8.24. The highest BCUT2D eigenvalue weighted by atomic mass is 35.5. The van der Waals surface area contributed by atoms with Crippen molar-refractivity contribution in [1.29, 1.82) is 0 Å². The molecule has 1 aliphatic rings. The molecule has 0 aliphatic carbocycles. The zero-order valence-electron chi connectivity index (χ0n) is 15.6. The van der Waals surface area contributed by atoms with Crippen LogP contribution in [0.1, 0.15) is 19.3 Å². The van der Waals surface area contributed by atoms with Crippen LogP contribution in [-0.4, -0.2) is 24.0 Å². The predicted molar refractivity (Wildman–Crippen MR) is 121 cm³/mol. The lowest BCUT2D eigenvalue weighted by Gasteiger charge is -2.09. The van der Waals surface area contributed by atoms with E-state index < -0.39 is 0 Å². The van der Waals surface area contributed by atoms with E-state index in [1.165, 1.54) is 17.2 Å². The van der Waals surface area contributed by atoms with Crippen molar-refractivity contribution in [2.45, 2.75) is 19.3 Å². The molecule has 1 aromatic heterocycles. The Labute approximate surface area is 178 Å². The first-order valence-electron chi connectivity index (χ1n) is 9.25. The molecule has 3 aromatic rings. The second-order valence-corrected chi connectivity index (χ2v) is 6.92. The lowest BCUT2D eigenvalue weighted by molar-refractivity contribution is -0.116. The van der Waals surface area contributed by atoms with E-state index in [1.54, 1.807) is 0 Å². The molecule has 0 spiro atoms. The number of amides is 1. The fourth-order valence-corrected chi connectivity index (χ4v) is 3.52. The summed E-state index contributed by atoms with van der Waals surface area (Å²) in [5.74, 6) is 1.28. The number of nitrogens with zero attached hydrogens (tertiary/aromatic N) is 1. The van der Waals surface area contributed by atoms with E-state index in [2.05, 4.69) is 45.9 Å². The van der Waals surface area contributed by atoms with E-state index >= 15 is 0 Å². The van der Waals surface area contributed by atoms with Gasteiger partial charge in [-0.15, -0.1) is 24.8 Å². The number of carbonyl (C=O) groups excluding carboxylic acids is 1. The first-order chi connectivity index (χ1) is 12.8. The number of hydrogen-bond acceptors (Lipinski definition) is 3. The number of anilines is 1. The van der Waals surface area contributed by atoms with Crippen LogP contribution >= 0.6 is 24.8 Å². The molecule has 0 saturated carbocycles. The van der Waals surface area contributed by atoms with Gasteiger partial charge < -0.3 is 10.6 Å². The maximum atomic E-state index is 12.2. The van der Waals surface area contributed by atoms with Gasteiger partial charge in [-0.25, -0.2) is 4.98 Å². The standard InChI is InChI=1S/C22H23N3O.2ClH/c26-22(11-8-16-12-13-23-15-16)25-21-7-3-6-20(24-21)19-10-9-17-4-1-2-5-18(17)14-19;;/h1-7,9-10,14,16,23H,8,11-13,15H2,(H,24,25,26);2*1H. The van der Waals surface area contributed by atoms with Gasteiger partial charge in [0.2, 0.25) is 5.91 Å². The SMILES string of the molecule is Cl.Cl.O=C(CCC1CCNC1)Nc1cccc(-c2ccc3ccccc3c2)n1. The fourth-order valence-electron chi connectivity index (χ4n) is 3.52. The summed E-state index contributed by atoms with van der Waals surface area (Å²) < 4.78 is 0. The second kappa shape index (κ2) is 10.4. The number of hydrogen-bond donors (Lipinski definition) is 2. The third-order valence-electron chi connectivity index (χ3n) is 5.00. The number of aromatic nitrogens is 1. The maximum Gasteiger partial charge on any atom is 0.225 e. The largest absolute Gasteiger partial charge is 0.316 e. The molecular weight excluding hydrogens is 393 g/mol. The van der Waals surface area contributed by atoms with Crippen molar-refractivity contribution in [3.05, 3.63) is 60.7 Å². The Bertz CT molecular complexity index is 926. The van der Waals surface area contributed by atoms with Gasteiger partial charge >= 0.3 is 0 Å². The smallest absolute Gasteiger partial charge is 0.225 e. The summed E-state index contributed by atoms with van der Waals surface area (Å²) in [5, 5.41) is 8.68. The Balaban J connectivity index is 0.00000140. The number of halogens is 2. The quantitative estimate of drug-likeness (QED) is 0.608. The first-order valence-corrected chi connectivity index (χ1v) is 9.25. The molecule has 6 heteroatoms. The van der Waals surface area contributed by atoms with Gasteiger partial charge in [-0.3, -0.25) is 4.79 Å². The van der Waals surface area contributed by atoms with Crippen LogP contribution in [0.3, 0.4) is 0 Å². The zero-order valence-corrected chi connectivity index (χ0v) is 17.2. The topological polar surface area (TPSA) is 54.0 Å². The van der Waals surface area contributed by atoms with Crippen molar-refractivity contribution in [3.63, 3.8) is 0 Å². The monoisotopic (exact) mass is 417 g/mol. The molecule has 148 valence electrons. The average molecular weight is 418 g/mol. The molecule has 4 rings (SSSR count). The summed E-state index contributed by atoms with van der Waals surface area (Å²) in [5.41, 5.74) is 1.92. The molecule has 1 fully saturated rings. The van der Waals surface area contributed by atoms with E-state index in [4.69, 9.17) is 0 Å². The Morgan fingerprint density at radius 1 is 1.04 bits per heavy atom. The number of nitrogens with one attached hydrogen (secondary N) is 2. The molecule has 1 saturated heterocycles. The predicted octanol–water partition coefficient (Wildman–Crippen LogP) is 5.07. The van der Waals surface area contributed by atoms with Crippen molar-refractivity contribution in [1.82, 2.24) is 10.3 Å². The molecule has 1 aliphatic heterocycles. The fraction of sp³-hybridized carbons (Fsp3) is 0.273. The third-order valence-corrected chi connectivity index (χ3v) is 5.00. The molecule has 0 radical (unpaired) electrons. The lowest BCUT2D eigenvalue weighted by Crippen LogP contribution is -2.15. The molecule has 1 atom stereocenters. The minimum atomic E-state index is 0. The highest BCUT2D eigenvalue weighted by molar-refractivity contribution is 5.90. The first kappa shape index (κ1) is 22.2. The summed E-state index contributed by atoms with van der Waals surface area (Å²) in [6, 6.07) is 20.4. The van der Waals surface area contributed by atoms with Crippen LogP contribution in [0.5, 0.6) is 0 Å². The van der Waals surface area contributed by atoms with Crippen LogP contribution in [0.4, 0.5) is 5.82 Å². The third kappa shape index (κ3) is 5.44. The van der Waals surface area contributed by atoms with Gasteiger partial charge in [-0.2, -0.15) is 0 Å². The van der Waals surface area contributed by atoms with E-state index in [0.29, 0.717) is 18.2 Å². The van der Waals surface area contributed by atoms with Gasteiger partial charge in [0.15, 0.2) is 0 Å². The van der Waals surface area contributed by atoms with Gasteiger partial charge in [-0.05, 0) is 60.8 Å². The van der Waals surface area contributed by atoms with Gasteiger partial charge in [0.1, 0.15) is 5.82 Å². The molecule has 2 aromatic carbocycles. The highest BCUT2D eigenvalue weighted by Gasteiger charge is 2.16. The number of carbonyl (C=O) groups is 1. The molecule has 1 unspecified atom stereocenters. The Morgan fingerprint density at radius 3 is 2.64 bits per heavy atom. The van der Waals surface area contributed by atoms with Crippen LogP contribution in [0.25, 0.3) is 22.0 Å². The van der Waals surface area contributed by atoms with Crippen LogP contribution in [0, 0.1) is 5.92 Å². The van der Waals surface area contributed by atoms with Crippen molar-refractivity contribution in [2.24, 2.45) is 5.92 Å². The lowest BCUT2D eigenvalue weighted by atomic mass is 10.0. The normalized spacial score (nSPS) is 15.5. The van der Waals surface area contributed by atoms with Crippen LogP contribution in [0.15, 0.2) is 60.7 Å². The van der Waals surface area contributed by atoms with Crippen molar-refractivity contribution >= 4 is 47.3 Å². The summed E-state index contributed by atoms with van der Waals surface area (Å²) in [7, 11) is 0. The van der Waals surface area contributed by atoms with Crippen molar-refractivity contribution < 1.29 is 4.79 Å². The Hall–Kier alpha value is -2.14.